The fourth-order valence-corrected chi connectivity index (χ4v) is 12.0. The Morgan fingerprint density at radius 3 is 0.582 bits per heavy atom. The van der Waals surface area contributed by atoms with Crippen molar-refractivity contribution in [3.63, 3.8) is 0 Å². The van der Waals surface area contributed by atoms with E-state index in [-0.39, 0.29) is 30.4 Å². The fourth-order valence-electron chi connectivity index (χ4n) is 12.0. The van der Waals surface area contributed by atoms with Gasteiger partial charge in [-0.2, -0.15) is 0 Å². The van der Waals surface area contributed by atoms with Crippen LogP contribution < -0.4 is 18.1 Å². The highest BCUT2D eigenvalue weighted by molar-refractivity contribution is 5.85. The second-order valence-electron chi connectivity index (χ2n) is 26.4. The van der Waals surface area contributed by atoms with Crippen LogP contribution in [0.5, 0.6) is 0 Å². The summed E-state index contributed by atoms with van der Waals surface area (Å²) in [5, 5.41) is 0. The molecule has 0 aliphatic carbocycles. The van der Waals surface area contributed by atoms with Crippen LogP contribution in [0.1, 0.15) is 426 Å². The summed E-state index contributed by atoms with van der Waals surface area (Å²) < 4.78 is 1.23. The minimum absolute atomic E-state index is 0. The second-order valence-corrected chi connectivity index (χ2v) is 26.4. The molecule has 0 saturated carbocycles. The number of hydrogen-bond donors (Lipinski definition) is 1. The van der Waals surface area contributed by atoms with E-state index in [2.05, 4.69) is 73.0 Å². The average molecular weight is 1150 g/mol. The fraction of sp³-hybridized carbons (Fsp3) is 0.947. The van der Waals surface area contributed by atoms with Gasteiger partial charge in [0, 0.05) is 5.54 Å². The maximum Gasteiger partial charge on any atom is 0.0782 e. The molecule has 0 radical (unpaired) electrons. The van der Waals surface area contributed by atoms with Crippen LogP contribution in [0.4, 0.5) is 0 Å². The number of nitrogens with zero attached hydrogens (tertiary/aromatic N) is 1. The zero-order chi connectivity index (χ0) is 56.4. The summed E-state index contributed by atoms with van der Waals surface area (Å²) in [6, 6.07) is 0. The van der Waals surface area contributed by atoms with Crippen molar-refractivity contribution in [3.05, 3.63) is 24.3 Å². The molecule has 2 nitrogen and oxygen atoms in total. The molecular weight excluding hydrogens is 1000 g/mol. The molecule has 0 fully saturated rings. The van der Waals surface area contributed by atoms with E-state index in [1.165, 1.54) is 409 Å². The van der Waals surface area contributed by atoms with E-state index < -0.39 is 0 Å². The van der Waals surface area contributed by atoms with Crippen LogP contribution in [0.2, 0.25) is 0 Å². The summed E-state index contributed by atoms with van der Waals surface area (Å²) in [6.07, 6.45) is 95.6. The van der Waals surface area contributed by atoms with Crippen LogP contribution in [0.25, 0.3) is 0 Å². The predicted molar refractivity (Wildman–Crippen MR) is 364 cm³/mol. The molecule has 0 aromatic carbocycles. The second kappa shape index (κ2) is 74.1. The number of halogens is 2. The van der Waals surface area contributed by atoms with Gasteiger partial charge in [0.05, 0.1) is 27.2 Å². The topological polar surface area (TPSA) is 26.0 Å². The van der Waals surface area contributed by atoms with Gasteiger partial charge >= 0.3 is 0 Å². The van der Waals surface area contributed by atoms with E-state index in [0.717, 1.165) is 0 Å². The highest BCUT2D eigenvalue weighted by atomic mass is 35.5. The smallest absolute Gasteiger partial charge is 0.0782 e. The van der Waals surface area contributed by atoms with Gasteiger partial charge in [0.15, 0.2) is 0 Å². The van der Waals surface area contributed by atoms with Crippen LogP contribution in [-0.4, -0.2) is 37.2 Å². The third-order valence-corrected chi connectivity index (χ3v) is 17.6. The number of unbranched alkanes of at least 4 members (excludes halogenated alkanes) is 51. The molecule has 0 unspecified atom stereocenters. The highest BCUT2D eigenvalue weighted by Gasteiger charge is 2.23. The lowest BCUT2D eigenvalue weighted by Gasteiger charge is -2.30. The van der Waals surface area contributed by atoms with E-state index in [1.807, 2.05) is 0 Å². The first-order valence-electron chi connectivity index (χ1n) is 36.7. The zero-order valence-corrected chi connectivity index (χ0v) is 57.7. The van der Waals surface area contributed by atoms with Crippen molar-refractivity contribution >= 4 is 12.4 Å². The summed E-state index contributed by atoms with van der Waals surface area (Å²) in [5.74, 6) is 0. The Hall–Kier alpha value is -0.0200. The Morgan fingerprint density at radius 1 is 0.241 bits per heavy atom. The largest absolute Gasteiger partial charge is 1.00 e. The minimum atomic E-state index is 0. The first-order chi connectivity index (χ1) is 37.8. The molecule has 79 heavy (non-hydrogen) atoms. The number of quaternary nitrogens is 1. The Morgan fingerprint density at radius 2 is 0.392 bits per heavy atom. The number of allylic oxidation sites excluding steroid dienone is 4. The van der Waals surface area contributed by atoms with Crippen LogP contribution in [0, 0.1) is 0 Å². The number of rotatable bonds is 65. The summed E-state index contributed by atoms with van der Waals surface area (Å²) in [6.45, 7) is 14.3. The van der Waals surface area contributed by atoms with Crippen LogP contribution >= 0.6 is 12.4 Å². The first kappa shape index (κ1) is 85.4. The molecule has 0 atom stereocenters. The zero-order valence-electron chi connectivity index (χ0n) is 56.2. The molecule has 0 spiro atoms. The number of nitrogens with two attached hydrogens (primary N) is 1. The summed E-state index contributed by atoms with van der Waals surface area (Å²) in [7, 11) is 4.91. The van der Waals surface area contributed by atoms with Gasteiger partial charge < -0.3 is 22.6 Å². The van der Waals surface area contributed by atoms with Gasteiger partial charge in [-0.1, -0.05) is 354 Å². The van der Waals surface area contributed by atoms with Gasteiger partial charge in [-0.3, -0.25) is 0 Å². The van der Waals surface area contributed by atoms with Crippen molar-refractivity contribution in [3.8, 4) is 0 Å². The van der Waals surface area contributed by atoms with Gasteiger partial charge in [0.2, 0.25) is 0 Å². The average Bonchev–Trinajstić information content (AvgIpc) is 3.42. The normalized spacial score (nSPS) is 11.9. The quantitative estimate of drug-likeness (QED) is 0.0367. The maximum absolute atomic E-state index is 7.12. The standard InChI is InChI=1S/C38H76N.C37H77N.2ClH/c1-5-7-9-11-13-15-17-19-21-23-25-27-29-31-33-35-37-39(3,4)38-36-34-32-30-28-26-24-22-20-18-16-14-12-10-8-6-2;1-4-7-10-13-16-19-22-25-28-31-34-37(38,35-32-29-26-23-20-17-14-11-8-5-2)36-33-30-27-24-21-18-15-12-9-6-3;;/h19-22H,5-18,23-38H2,1-4H3;4-36,38H2,1-3H3;2*1H/q+1;;;/p-1. The van der Waals surface area contributed by atoms with Crippen LogP contribution in [0.3, 0.4) is 0 Å². The Bertz CT molecular complexity index is 999. The third-order valence-electron chi connectivity index (χ3n) is 17.6. The number of hydrogen-bond acceptors (Lipinski definition) is 1. The molecule has 0 aliphatic rings. The van der Waals surface area contributed by atoms with Gasteiger partial charge in [-0.25, -0.2) is 0 Å². The molecule has 0 bridgehead atoms. The lowest BCUT2D eigenvalue weighted by molar-refractivity contribution is -0.890. The molecule has 0 saturated heterocycles. The van der Waals surface area contributed by atoms with E-state index in [4.69, 9.17) is 5.73 Å². The molecule has 4 heteroatoms. The van der Waals surface area contributed by atoms with Crippen LogP contribution in [-0.2, 0) is 0 Å². The van der Waals surface area contributed by atoms with Gasteiger partial charge in [-0.15, -0.1) is 12.4 Å². The summed E-state index contributed by atoms with van der Waals surface area (Å²) in [4.78, 5) is 0. The molecular formula is C75H154Cl2N2. The molecule has 0 rings (SSSR count). The minimum Gasteiger partial charge on any atom is -1.00 e. The molecule has 478 valence electrons. The predicted octanol–water partition coefficient (Wildman–Crippen LogP) is 24.2. The van der Waals surface area contributed by atoms with Crippen LogP contribution in [0.15, 0.2) is 24.3 Å². The molecule has 0 amide bonds. The summed E-state index contributed by atoms with van der Waals surface area (Å²) in [5.41, 5.74) is 7.25. The van der Waals surface area contributed by atoms with Crippen molar-refractivity contribution in [1.29, 1.82) is 0 Å². The Labute approximate surface area is 515 Å². The monoisotopic (exact) mass is 1150 g/mol. The van der Waals surface area contributed by atoms with E-state index in [9.17, 15) is 0 Å². The molecule has 0 heterocycles. The van der Waals surface area contributed by atoms with Gasteiger partial charge in [0.1, 0.15) is 0 Å². The Balaban J connectivity index is -0.000000695. The lowest BCUT2D eigenvalue weighted by atomic mass is 9.82. The van der Waals surface area contributed by atoms with E-state index in [1.54, 1.807) is 0 Å². The molecule has 0 aliphatic heterocycles. The molecule has 0 aromatic rings. The molecule has 0 aromatic heterocycles. The van der Waals surface area contributed by atoms with Crippen molar-refractivity contribution < 1.29 is 16.9 Å². The van der Waals surface area contributed by atoms with Crippen molar-refractivity contribution in [2.24, 2.45) is 5.73 Å². The highest BCUT2D eigenvalue weighted by Crippen LogP contribution is 2.28. The van der Waals surface area contributed by atoms with Crippen molar-refractivity contribution in [1.82, 2.24) is 0 Å². The van der Waals surface area contributed by atoms with Crippen molar-refractivity contribution in [2.75, 3.05) is 27.2 Å². The molecule has 2 N–H and O–H groups in total. The first-order valence-corrected chi connectivity index (χ1v) is 36.7. The Kier molecular flexibility index (Phi) is 80.1. The van der Waals surface area contributed by atoms with E-state index >= 15 is 0 Å². The lowest BCUT2D eigenvalue weighted by Crippen LogP contribution is -3.00. The van der Waals surface area contributed by atoms with E-state index in [0.29, 0.717) is 0 Å². The maximum atomic E-state index is 7.12. The van der Waals surface area contributed by atoms with Gasteiger partial charge in [0.25, 0.3) is 0 Å². The van der Waals surface area contributed by atoms with Crippen molar-refractivity contribution in [2.45, 2.75) is 432 Å². The third kappa shape index (κ3) is 76.0. The van der Waals surface area contributed by atoms with Gasteiger partial charge in [-0.05, 0) is 96.3 Å². The SMILES string of the molecule is CCCCCCCCC=CCCCCCCCC[N+](C)(C)CCCCCCCCC=CCCCCCCCC.CCCCCCCCCCCCC(N)(CCCCCCCCCCCC)CCCCCCCCCCCC.Cl.[Cl-]. The summed E-state index contributed by atoms with van der Waals surface area (Å²) >= 11 is 0.